The predicted molar refractivity (Wildman–Crippen MR) is 101 cm³/mol. The number of hydrogen-bond donors (Lipinski definition) is 2. The van der Waals surface area contributed by atoms with Crippen LogP contribution in [0.15, 0.2) is 22.3 Å². The number of halogens is 1. The number of rotatable bonds is 8. The summed E-state index contributed by atoms with van der Waals surface area (Å²) in [5, 5.41) is 19.0. The van der Waals surface area contributed by atoms with E-state index in [-0.39, 0.29) is 11.6 Å². The largest absolute Gasteiger partial charge is 0.490 e. The quantitative estimate of drug-likeness (QED) is 0.513. The topological polar surface area (TPSA) is 110 Å². The number of ether oxygens (including phenoxy) is 2. The Kier molecular flexibility index (Phi) is 7.28. The summed E-state index contributed by atoms with van der Waals surface area (Å²) in [6.07, 6.45) is 1.18. The minimum atomic E-state index is -1.05. The van der Waals surface area contributed by atoms with Gasteiger partial charge < -0.3 is 19.9 Å². The molecule has 0 radical (unpaired) electrons. The van der Waals surface area contributed by atoms with Crippen LogP contribution in [0.1, 0.15) is 25.8 Å². The first kappa shape index (κ1) is 20.1. The highest BCUT2D eigenvalue weighted by molar-refractivity contribution is 8.15. The number of carboxylic acids is 1. The van der Waals surface area contributed by atoms with Crippen LogP contribution in [0.4, 0.5) is 0 Å². The van der Waals surface area contributed by atoms with Gasteiger partial charge in [-0.2, -0.15) is 5.10 Å². The molecule has 1 aromatic rings. The van der Waals surface area contributed by atoms with Crippen LogP contribution in [0.25, 0.3) is 0 Å². The Hall–Kier alpha value is -2.26. The average Bonchev–Trinajstić information content (AvgIpc) is 2.90. The zero-order chi connectivity index (χ0) is 19.1. The summed E-state index contributed by atoms with van der Waals surface area (Å²) in [5.41, 5.74) is 0.641. The normalized spacial score (nSPS) is 18.3. The second-order valence-electron chi connectivity index (χ2n) is 5.04. The summed E-state index contributed by atoms with van der Waals surface area (Å²) in [5.74, 6) is -0.473. The maximum absolute atomic E-state index is 11.6. The van der Waals surface area contributed by atoms with Gasteiger partial charge >= 0.3 is 5.97 Å². The van der Waals surface area contributed by atoms with Crippen molar-refractivity contribution in [2.45, 2.75) is 25.5 Å². The standard InChI is InChI=1S/C16H18ClN3O5S/c1-3-24-11-6-9(5-10(17)14(11)25-4-2)8-18-20-16-19-15(23)12(26-16)7-13(21)22/h5-6,8,12H,3-4,7H2,1-2H3,(H,21,22)(H,19,20,23). The van der Waals surface area contributed by atoms with Gasteiger partial charge in [-0.05, 0) is 26.0 Å². The smallest absolute Gasteiger partial charge is 0.305 e. The zero-order valence-electron chi connectivity index (χ0n) is 14.2. The van der Waals surface area contributed by atoms with Gasteiger partial charge in [-0.3, -0.25) is 9.59 Å². The minimum absolute atomic E-state index is 0.250. The molecule has 1 aromatic carbocycles. The number of thioether (sulfide) groups is 1. The van der Waals surface area contributed by atoms with Crippen LogP contribution in [0.2, 0.25) is 5.02 Å². The van der Waals surface area contributed by atoms with Crippen LogP contribution in [0, 0.1) is 0 Å². The number of amidine groups is 1. The van der Waals surface area contributed by atoms with Crippen molar-refractivity contribution in [3.63, 3.8) is 0 Å². The fraction of sp³-hybridized carbons (Fsp3) is 0.375. The van der Waals surface area contributed by atoms with E-state index in [0.29, 0.717) is 35.3 Å². The lowest BCUT2D eigenvalue weighted by Crippen LogP contribution is -2.26. The first-order chi connectivity index (χ1) is 12.4. The Bertz CT molecular complexity index is 754. The average molecular weight is 400 g/mol. The SMILES string of the molecule is CCOc1cc(C=NN=C2NC(=O)C(CC(=O)O)S2)cc(Cl)c1OCC. The third-order valence-corrected chi connectivity index (χ3v) is 4.47. The Balaban J connectivity index is 2.13. The highest BCUT2D eigenvalue weighted by Crippen LogP contribution is 2.36. The van der Waals surface area contributed by atoms with E-state index in [1.165, 1.54) is 6.21 Å². The molecule has 1 saturated heterocycles. The fourth-order valence-corrected chi connectivity index (χ4v) is 3.29. The lowest BCUT2D eigenvalue weighted by molar-refractivity contribution is -0.138. The van der Waals surface area contributed by atoms with Gasteiger partial charge in [-0.1, -0.05) is 23.4 Å². The number of hydrogen-bond acceptors (Lipinski definition) is 7. The molecule has 1 aliphatic heterocycles. The Labute approximate surface area is 159 Å². The summed E-state index contributed by atoms with van der Waals surface area (Å²) in [7, 11) is 0. The second kappa shape index (κ2) is 9.44. The first-order valence-corrected chi connectivity index (χ1v) is 9.09. The van der Waals surface area contributed by atoms with E-state index in [1.807, 2.05) is 13.8 Å². The third-order valence-electron chi connectivity index (χ3n) is 3.11. The van der Waals surface area contributed by atoms with Crippen LogP contribution in [-0.2, 0) is 9.59 Å². The van der Waals surface area contributed by atoms with Crippen molar-refractivity contribution < 1.29 is 24.2 Å². The minimum Gasteiger partial charge on any atom is -0.490 e. The van der Waals surface area contributed by atoms with E-state index in [0.717, 1.165) is 11.8 Å². The molecular weight excluding hydrogens is 382 g/mol. The molecule has 2 rings (SSSR count). The molecule has 140 valence electrons. The van der Waals surface area contributed by atoms with Gasteiger partial charge in [0.1, 0.15) is 5.25 Å². The summed E-state index contributed by atoms with van der Waals surface area (Å²) in [6.45, 7) is 4.61. The molecule has 1 amide bonds. The van der Waals surface area contributed by atoms with Gasteiger partial charge in [0.15, 0.2) is 16.7 Å². The summed E-state index contributed by atoms with van der Waals surface area (Å²) in [4.78, 5) is 22.3. The zero-order valence-corrected chi connectivity index (χ0v) is 15.8. The Morgan fingerprint density at radius 3 is 2.77 bits per heavy atom. The van der Waals surface area contributed by atoms with E-state index in [4.69, 9.17) is 26.2 Å². The number of carbonyl (C=O) groups is 2. The number of aliphatic carboxylic acids is 1. The molecule has 1 atom stereocenters. The van der Waals surface area contributed by atoms with Crippen molar-refractivity contribution in [1.29, 1.82) is 0 Å². The monoisotopic (exact) mass is 399 g/mol. The van der Waals surface area contributed by atoms with Gasteiger partial charge in [0.2, 0.25) is 5.91 Å². The number of amides is 1. The van der Waals surface area contributed by atoms with E-state index in [1.54, 1.807) is 12.1 Å². The van der Waals surface area contributed by atoms with Crippen LogP contribution < -0.4 is 14.8 Å². The second-order valence-corrected chi connectivity index (χ2v) is 6.64. The van der Waals surface area contributed by atoms with E-state index < -0.39 is 17.1 Å². The Morgan fingerprint density at radius 1 is 1.38 bits per heavy atom. The molecule has 10 heteroatoms. The molecule has 1 heterocycles. The van der Waals surface area contributed by atoms with Crippen molar-refractivity contribution in [2.24, 2.45) is 10.2 Å². The maximum Gasteiger partial charge on any atom is 0.305 e. The van der Waals surface area contributed by atoms with Gasteiger partial charge in [0, 0.05) is 5.56 Å². The van der Waals surface area contributed by atoms with Gasteiger partial charge in [-0.25, -0.2) is 0 Å². The lowest BCUT2D eigenvalue weighted by atomic mass is 10.2. The maximum atomic E-state index is 11.6. The van der Waals surface area contributed by atoms with Crippen molar-refractivity contribution >= 4 is 46.6 Å². The van der Waals surface area contributed by atoms with Gasteiger partial charge in [0.05, 0.1) is 30.9 Å². The molecule has 8 nitrogen and oxygen atoms in total. The highest BCUT2D eigenvalue weighted by atomic mass is 35.5. The number of benzene rings is 1. The molecule has 2 N–H and O–H groups in total. The summed E-state index contributed by atoms with van der Waals surface area (Å²) < 4.78 is 11.0. The molecule has 1 fully saturated rings. The van der Waals surface area contributed by atoms with Crippen LogP contribution in [-0.4, -0.2) is 46.8 Å². The van der Waals surface area contributed by atoms with Crippen LogP contribution in [0.5, 0.6) is 11.5 Å². The molecule has 0 aliphatic carbocycles. The Morgan fingerprint density at radius 2 is 2.12 bits per heavy atom. The third kappa shape index (κ3) is 5.37. The van der Waals surface area contributed by atoms with E-state index in [9.17, 15) is 9.59 Å². The van der Waals surface area contributed by atoms with Crippen molar-refractivity contribution in [2.75, 3.05) is 13.2 Å². The number of carboxylic acid groups (broad SMARTS) is 1. The van der Waals surface area contributed by atoms with Crippen molar-refractivity contribution in [1.82, 2.24) is 5.32 Å². The van der Waals surface area contributed by atoms with Crippen LogP contribution >= 0.6 is 23.4 Å². The van der Waals surface area contributed by atoms with Gasteiger partial charge in [0.25, 0.3) is 0 Å². The molecular formula is C16H18ClN3O5S. The molecule has 1 unspecified atom stereocenters. The van der Waals surface area contributed by atoms with Crippen molar-refractivity contribution in [3.8, 4) is 11.5 Å². The highest BCUT2D eigenvalue weighted by Gasteiger charge is 2.32. The van der Waals surface area contributed by atoms with Crippen LogP contribution in [0.3, 0.4) is 0 Å². The summed E-state index contributed by atoms with van der Waals surface area (Å²) in [6, 6.07) is 3.38. The number of carbonyl (C=O) groups excluding carboxylic acids is 1. The first-order valence-electron chi connectivity index (χ1n) is 7.84. The predicted octanol–water partition coefficient (Wildman–Crippen LogP) is 2.53. The van der Waals surface area contributed by atoms with E-state index in [2.05, 4.69) is 15.5 Å². The molecule has 1 aliphatic rings. The lowest BCUT2D eigenvalue weighted by Gasteiger charge is -2.13. The fourth-order valence-electron chi connectivity index (χ4n) is 2.10. The molecule has 0 bridgehead atoms. The molecule has 0 aromatic heterocycles. The van der Waals surface area contributed by atoms with Crippen molar-refractivity contribution in [3.05, 3.63) is 22.7 Å². The number of nitrogens with zero attached hydrogens (tertiary/aromatic N) is 2. The van der Waals surface area contributed by atoms with Gasteiger partial charge in [-0.15, -0.1) is 5.10 Å². The number of nitrogens with one attached hydrogen (secondary N) is 1. The molecule has 0 spiro atoms. The molecule has 0 saturated carbocycles. The molecule has 26 heavy (non-hydrogen) atoms. The van der Waals surface area contributed by atoms with E-state index >= 15 is 0 Å². The summed E-state index contributed by atoms with van der Waals surface area (Å²) >= 11 is 7.25.